The Morgan fingerprint density at radius 2 is 2.32 bits per heavy atom. The standard InChI is InChI=1S/C17H25N3OS/c1-14-13-20(8-9-21-14)16(17-6-4-10-22-17)12-18-11-15-5-3-7-19(15)2/h3-7,10,14,16,18H,8-9,11-13H2,1-2H3/t14-,16-/m0/s1. The second-order valence-electron chi connectivity index (χ2n) is 5.95. The third kappa shape index (κ3) is 3.79. The van der Waals surface area contributed by atoms with Crippen molar-refractivity contribution in [1.29, 1.82) is 0 Å². The number of nitrogens with one attached hydrogen (secondary N) is 1. The van der Waals surface area contributed by atoms with Crippen LogP contribution in [0.15, 0.2) is 35.8 Å². The third-order valence-electron chi connectivity index (χ3n) is 4.28. The van der Waals surface area contributed by atoms with Gasteiger partial charge in [-0.3, -0.25) is 4.90 Å². The zero-order valence-corrected chi connectivity index (χ0v) is 14.2. The summed E-state index contributed by atoms with van der Waals surface area (Å²) in [5, 5.41) is 5.80. The number of aromatic nitrogens is 1. The first kappa shape index (κ1) is 15.7. The van der Waals surface area contributed by atoms with Gasteiger partial charge in [-0.15, -0.1) is 11.3 Å². The second-order valence-corrected chi connectivity index (χ2v) is 6.93. The molecule has 0 saturated carbocycles. The van der Waals surface area contributed by atoms with Crippen LogP contribution in [0.2, 0.25) is 0 Å². The molecule has 1 fully saturated rings. The molecule has 5 heteroatoms. The van der Waals surface area contributed by atoms with Crippen LogP contribution in [0.5, 0.6) is 0 Å². The minimum atomic E-state index is 0.323. The highest BCUT2D eigenvalue weighted by molar-refractivity contribution is 7.10. The minimum absolute atomic E-state index is 0.323. The summed E-state index contributed by atoms with van der Waals surface area (Å²) in [4.78, 5) is 3.99. The molecule has 0 aromatic carbocycles. The van der Waals surface area contributed by atoms with Crippen molar-refractivity contribution in [3.05, 3.63) is 46.4 Å². The molecule has 0 aliphatic carbocycles. The van der Waals surface area contributed by atoms with Crippen molar-refractivity contribution < 1.29 is 4.74 Å². The molecule has 3 rings (SSSR count). The van der Waals surface area contributed by atoms with Gasteiger partial charge in [-0.05, 0) is 30.5 Å². The molecule has 120 valence electrons. The van der Waals surface area contributed by atoms with Crippen LogP contribution in [0, 0.1) is 0 Å². The molecule has 0 bridgehead atoms. The van der Waals surface area contributed by atoms with Gasteiger partial charge >= 0.3 is 0 Å². The average molecular weight is 319 g/mol. The number of aryl methyl sites for hydroxylation is 1. The number of thiophene rings is 1. The first-order valence-corrected chi connectivity index (χ1v) is 8.82. The van der Waals surface area contributed by atoms with Crippen LogP contribution in [0.3, 0.4) is 0 Å². The first-order valence-electron chi connectivity index (χ1n) is 7.94. The number of morpholine rings is 1. The molecule has 1 saturated heterocycles. The van der Waals surface area contributed by atoms with E-state index in [9.17, 15) is 0 Å². The van der Waals surface area contributed by atoms with Crippen LogP contribution in [-0.4, -0.2) is 41.8 Å². The molecule has 2 aromatic heterocycles. The van der Waals surface area contributed by atoms with Gasteiger partial charge in [-0.1, -0.05) is 6.07 Å². The van der Waals surface area contributed by atoms with Gasteiger partial charge < -0.3 is 14.6 Å². The van der Waals surface area contributed by atoms with Crippen LogP contribution in [0.1, 0.15) is 23.5 Å². The third-order valence-corrected chi connectivity index (χ3v) is 5.25. The van der Waals surface area contributed by atoms with Crippen molar-refractivity contribution >= 4 is 11.3 Å². The Morgan fingerprint density at radius 3 is 3.00 bits per heavy atom. The lowest BCUT2D eigenvalue weighted by atomic mass is 10.1. The maximum absolute atomic E-state index is 5.69. The van der Waals surface area contributed by atoms with Gasteiger partial charge in [0.05, 0.1) is 18.8 Å². The molecule has 2 aromatic rings. The summed E-state index contributed by atoms with van der Waals surface area (Å²) >= 11 is 1.85. The van der Waals surface area contributed by atoms with E-state index < -0.39 is 0 Å². The van der Waals surface area contributed by atoms with Gasteiger partial charge in [0.15, 0.2) is 0 Å². The maximum atomic E-state index is 5.69. The van der Waals surface area contributed by atoms with Crippen molar-refractivity contribution in [2.75, 3.05) is 26.2 Å². The number of rotatable bonds is 6. The Bertz CT molecular complexity index is 566. The van der Waals surface area contributed by atoms with Crippen molar-refractivity contribution in [2.24, 2.45) is 7.05 Å². The van der Waals surface area contributed by atoms with Gasteiger partial charge in [0.2, 0.25) is 0 Å². The lowest BCUT2D eigenvalue weighted by Crippen LogP contribution is -2.45. The molecule has 4 nitrogen and oxygen atoms in total. The van der Waals surface area contributed by atoms with E-state index in [0.717, 1.165) is 32.8 Å². The largest absolute Gasteiger partial charge is 0.376 e. The normalized spacial score (nSPS) is 21.1. The van der Waals surface area contributed by atoms with Crippen molar-refractivity contribution in [3.63, 3.8) is 0 Å². The molecule has 1 aliphatic rings. The van der Waals surface area contributed by atoms with Crippen molar-refractivity contribution in [1.82, 2.24) is 14.8 Å². The molecule has 0 amide bonds. The number of nitrogens with zero attached hydrogens (tertiary/aromatic N) is 2. The van der Waals surface area contributed by atoms with Crippen molar-refractivity contribution in [2.45, 2.75) is 25.6 Å². The van der Waals surface area contributed by atoms with Crippen LogP contribution in [0.25, 0.3) is 0 Å². The van der Waals surface area contributed by atoms with E-state index in [-0.39, 0.29) is 0 Å². The fourth-order valence-electron chi connectivity index (χ4n) is 3.04. The molecule has 22 heavy (non-hydrogen) atoms. The van der Waals surface area contributed by atoms with Gasteiger partial charge in [-0.25, -0.2) is 0 Å². The molecule has 0 unspecified atom stereocenters. The zero-order chi connectivity index (χ0) is 15.4. The smallest absolute Gasteiger partial charge is 0.0674 e. The summed E-state index contributed by atoms with van der Waals surface area (Å²) in [6, 6.07) is 9.10. The predicted molar refractivity (Wildman–Crippen MR) is 91.2 cm³/mol. The lowest BCUT2D eigenvalue weighted by Gasteiger charge is -2.37. The van der Waals surface area contributed by atoms with E-state index in [2.05, 4.69) is 64.6 Å². The highest BCUT2D eigenvalue weighted by Crippen LogP contribution is 2.26. The van der Waals surface area contributed by atoms with Crippen LogP contribution in [-0.2, 0) is 18.3 Å². The van der Waals surface area contributed by atoms with Gasteiger partial charge in [0, 0.05) is 50.0 Å². The minimum Gasteiger partial charge on any atom is -0.376 e. The quantitative estimate of drug-likeness (QED) is 0.887. The molecule has 1 N–H and O–H groups in total. The molecule has 2 atom stereocenters. The fraction of sp³-hybridized carbons (Fsp3) is 0.529. The lowest BCUT2D eigenvalue weighted by molar-refractivity contribution is -0.0339. The van der Waals surface area contributed by atoms with E-state index in [1.165, 1.54) is 10.6 Å². The SMILES string of the molecule is C[C@H]1CN([C@@H](CNCc2cccn2C)c2cccs2)CCO1. The molecular weight excluding hydrogens is 294 g/mol. The number of hydrogen-bond acceptors (Lipinski definition) is 4. The van der Waals surface area contributed by atoms with Gasteiger partial charge in [-0.2, -0.15) is 0 Å². The van der Waals surface area contributed by atoms with E-state index in [0.29, 0.717) is 12.1 Å². The summed E-state index contributed by atoms with van der Waals surface area (Å²) in [5.41, 5.74) is 1.32. The first-order chi connectivity index (χ1) is 10.7. The zero-order valence-electron chi connectivity index (χ0n) is 13.4. The Labute approximate surface area is 136 Å². The number of hydrogen-bond donors (Lipinski definition) is 1. The second kappa shape index (κ2) is 7.42. The highest BCUT2D eigenvalue weighted by Gasteiger charge is 2.25. The number of ether oxygens (including phenoxy) is 1. The summed E-state index contributed by atoms with van der Waals surface area (Å²) < 4.78 is 7.86. The molecule has 1 aliphatic heterocycles. The maximum Gasteiger partial charge on any atom is 0.0674 e. The Morgan fingerprint density at radius 1 is 1.41 bits per heavy atom. The van der Waals surface area contributed by atoms with E-state index in [4.69, 9.17) is 4.74 Å². The topological polar surface area (TPSA) is 29.4 Å². The van der Waals surface area contributed by atoms with Crippen LogP contribution < -0.4 is 5.32 Å². The summed E-state index contributed by atoms with van der Waals surface area (Å²) in [7, 11) is 2.09. The molecular formula is C17H25N3OS. The van der Waals surface area contributed by atoms with Crippen molar-refractivity contribution in [3.8, 4) is 0 Å². The van der Waals surface area contributed by atoms with E-state index >= 15 is 0 Å². The summed E-state index contributed by atoms with van der Waals surface area (Å²) in [5.74, 6) is 0. The Hall–Kier alpha value is -1.14. The fourth-order valence-corrected chi connectivity index (χ4v) is 3.90. The molecule has 0 spiro atoms. The average Bonchev–Trinajstić information content (AvgIpc) is 3.16. The van der Waals surface area contributed by atoms with Crippen LogP contribution >= 0.6 is 11.3 Å². The van der Waals surface area contributed by atoms with Gasteiger partial charge in [0.25, 0.3) is 0 Å². The molecule has 0 radical (unpaired) electrons. The molecule has 3 heterocycles. The Balaban J connectivity index is 1.63. The monoisotopic (exact) mass is 319 g/mol. The summed E-state index contributed by atoms with van der Waals surface area (Å²) in [6.07, 6.45) is 2.42. The highest BCUT2D eigenvalue weighted by atomic mass is 32.1. The Kier molecular flexibility index (Phi) is 5.31. The summed E-state index contributed by atoms with van der Waals surface area (Å²) in [6.45, 7) is 6.90. The van der Waals surface area contributed by atoms with Gasteiger partial charge in [0.1, 0.15) is 0 Å². The van der Waals surface area contributed by atoms with E-state index in [1.807, 2.05) is 11.3 Å². The predicted octanol–water partition coefficient (Wildman–Crippen LogP) is 2.64. The van der Waals surface area contributed by atoms with Crippen LogP contribution in [0.4, 0.5) is 0 Å². The van der Waals surface area contributed by atoms with E-state index in [1.54, 1.807) is 0 Å².